The number of fused-ring (bicyclic) bond motifs is 3. The fraction of sp³-hybridized carbons (Fsp3) is 0.333. The first-order valence-corrected chi connectivity index (χ1v) is 11.7. The smallest absolute Gasteiger partial charge is 0.272 e. The fourth-order valence-corrected chi connectivity index (χ4v) is 5.36. The van der Waals surface area contributed by atoms with Gasteiger partial charge in [0.05, 0.1) is 16.4 Å². The molecule has 0 spiro atoms. The number of nitrogens with one attached hydrogen (secondary N) is 1. The van der Waals surface area contributed by atoms with E-state index in [-0.39, 0.29) is 11.9 Å². The molecule has 2 aromatic carbocycles. The first-order chi connectivity index (χ1) is 14.9. The molecule has 1 amide bonds. The van der Waals surface area contributed by atoms with Crippen molar-refractivity contribution in [2.24, 2.45) is 0 Å². The monoisotopic (exact) mass is 473 g/mol. The van der Waals surface area contributed by atoms with Crippen LogP contribution in [0.2, 0.25) is 15.1 Å². The minimum absolute atomic E-state index is 0.123. The largest absolute Gasteiger partial charge is 0.348 e. The second-order valence-electron chi connectivity index (χ2n) is 8.43. The van der Waals surface area contributed by atoms with Crippen LogP contribution in [-0.4, -0.2) is 21.7 Å². The summed E-state index contributed by atoms with van der Waals surface area (Å²) in [6, 6.07) is 9.55. The van der Waals surface area contributed by atoms with Crippen LogP contribution in [0, 0.1) is 6.92 Å². The van der Waals surface area contributed by atoms with Gasteiger partial charge in [0.15, 0.2) is 5.69 Å². The summed E-state index contributed by atoms with van der Waals surface area (Å²) in [6.07, 6.45) is 6.23. The van der Waals surface area contributed by atoms with Crippen LogP contribution in [0.4, 0.5) is 0 Å². The van der Waals surface area contributed by atoms with E-state index < -0.39 is 0 Å². The molecule has 2 aliphatic carbocycles. The number of rotatable bonds is 3. The summed E-state index contributed by atoms with van der Waals surface area (Å²) >= 11 is 19.1. The number of amides is 1. The van der Waals surface area contributed by atoms with Crippen molar-refractivity contribution in [3.05, 3.63) is 67.8 Å². The van der Waals surface area contributed by atoms with Crippen LogP contribution in [0.15, 0.2) is 30.3 Å². The highest BCUT2D eigenvalue weighted by molar-refractivity contribution is 6.35. The van der Waals surface area contributed by atoms with Gasteiger partial charge in [-0.05, 0) is 55.2 Å². The van der Waals surface area contributed by atoms with Gasteiger partial charge >= 0.3 is 0 Å². The molecule has 4 nitrogen and oxygen atoms in total. The number of halogens is 3. The fourth-order valence-electron chi connectivity index (χ4n) is 4.70. The summed E-state index contributed by atoms with van der Waals surface area (Å²) in [5.41, 5.74) is 6.06. The van der Waals surface area contributed by atoms with Gasteiger partial charge in [0.2, 0.25) is 0 Å². The molecule has 0 aliphatic heterocycles. The number of hydrogen-bond acceptors (Lipinski definition) is 2. The summed E-state index contributed by atoms with van der Waals surface area (Å²) in [6.45, 7) is 1.99. The molecule has 31 heavy (non-hydrogen) atoms. The average Bonchev–Trinajstić information content (AvgIpc) is 3.27. The Morgan fingerprint density at radius 2 is 1.84 bits per heavy atom. The SMILES string of the molecule is Cc1cc2c(cc1Cl)-c1c(c(C(=O)NC3CCCCC3)nn1-c1ccc(Cl)cc1Cl)C2. The first kappa shape index (κ1) is 20.9. The van der Waals surface area contributed by atoms with Crippen molar-refractivity contribution >= 4 is 40.7 Å². The third-order valence-electron chi connectivity index (χ3n) is 6.28. The Labute approximate surface area is 196 Å². The Morgan fingerprint density at radius 1 is 1.06 bits per heavy atom. The molecule has 0 atom stereocenters. The third-order valence-corrected chi connectivity index (χ3v) is 7.23. The van der Waals surface area contributed by atoms with Crippen LogP contribution in [0.5, 0.6) is 0 Å². The number of aromatic nitrogens is 2. The van der Waals surface area contributed by atoms with Gasteiger partial charge in [0, 0.05) is 33.6 Å². The summed E-state index contributed by atoms with van der Waals surface area (Å²) in [5, 5.41) is 9.66. The molecular formula is C24H22Cl3N3O. The van der Waals surface area contributed by atoms with Crippen molar-refractivity contribution in [1.29, 1.82) is 0 Å². The van der Waals surface area contributed by atoms with Crippen molar-refractivity contribution in [3.63, 3.8) is 0 Å². The van der Waals surface area contributed by atoms with Crippen molar-refractivity contribution < 1.29 is 4.79 Å². The van der Waals surface area contributed by atoms with Crippen molar-refractivity contribution in [2.75, 3.05) is 0 Å². The Hall–Kier alpha value is -2.01. The maximum Gasteiger partial charge on any atom is 0.272 e. The van der Waals surface area contributed by atoms with Crippen LogP contribution in [0.25, 0.3) is 16.9 Å². The quantitative estimate of drug-likeness (QED) is 0.356. The Balaban J connectivity index is 1.64. The highest BCUT2D eigenvalue weighted by Crippen LogP contribution is 2.43. The van der Waals surface area contributed by atoms with Gasteiger partial charge in [-0.25, -0.2) is 4.68 Å². The second-order valence-corrected chi connectivity index (χ2v) is 9.68. The maximum absolute atomic E-state index is 13.3. The van der Waals surface area contributed by atoms with Crippen LogP contribution >= 0.6 is 34.8 Å². The molecule has 0 unspecified atom stereocenters. The molecule has 1 N–H and O–H groups in total. The Bertz CT molecular complexity index is 1200. The lowest BCUT2D eigenvalue weighted by Gasteiger charge is -2.22. The van der Waals surface area contributed by atoms with Gasteiger partial charge in [0.25, 0.3) is 5.91 Å². The van der Waals surface area contributed by atoms with Gasteiger partial charge in [-0.1, -0.05) is 60.1 Å². The first-order valence-electron chi connectivity index (χ1n) is 10.6. The lowest BCUT2D eigenvalue weighted by atomic mass is 9.95. The van der Waals surface area contributed by atoms with Crippen molar-refractivity contribution in [1.82, 2.24) is 15.1 Å². The summed E-state index contributed by atoms with van der Waals surface area (Å²) in [5.74, 6) is -0.123. The van der Waals surface area contributed by atoms with E-state index in [1.165, 1.54) is 6.42 Å². The molecule has 1 aromatic heterocycles. The number of carbonyl (C=O) groups excluding carboxylic acids is 1. The van der Waals surface area contributed by atoms with E-state index in [2.05, 4.69) is 11.4 Å². The molecule has 3 aromatic rings. The lowest BCUT2D eigenvalue weighted by molar-refractivity contribution is 0.0921. The van der Waals surface area contributed by atoms with E-state index in [0.717, 1.165) is 53.6 Å². The van der Waals surface area contributed by atoms with E-state index in [9.17, 15) is 4.79 Å². The standard InChI is InChI=1S/C24H22Cl3N3O/c1-13-9-14-10-18-22(24(31)28-16-5-3-2-4-6-16)29-30(23(18)17(14)12-19(13)26)21-8-7-15(25)11-20(21)27/h7-9,11-12,16H,2-6,10H2,1H3,(H,28,31). The zero-order valence-corrected chi connectivity index (χ0v) is 19.4. The maximum atomic E-state index is 13.3. The molecule has 1 heterocycles. The average molecular weight is 475 g/mol. The van der Waals surface area contributed by atoms with E-state index in [1.54, 1.807) is 16.8 Å². The number of benzene rings is 2. The minimum atomic E-state index is -0.123. The van der Waals surface area contributed by atoms with Gasteiger partial charge in [-0.3, -0.25) is 4.79 Å². The van der Waals surface area contributed by atoms with E-state index in [0.29, 0.717) is 32.9 Å². The van der Waals surface area contributed by atoms with Gasteiger partial charge in [-0.15, -0.1) is 0 Å². The van der Waals surface area contributed by atoms with E-state index in [4.69, 9.17) is 39.9 Å². The molecule has 1 fully saturated rings. The number of nitrogens with zero attached hydrogens (tertiary/aromatic N) is 2. The zero-order valence-electron chi connectivity index (χ0n) is 17.1. The van der Waals surface area contributed by atoms with Crippen LogP contribution in [0.1, 0.15) is 59.3 Å². The predicted molar refractivity (Wildman–Crippen MR) is 126 cm³/mol. The normalized spacial score (nSPS) is 15.6. The molecular weight excluding hydrogens is 453 g/mol. The van der Waals surface area contributed by atoms with Crippen molar-refractivity contribution in [2.45, 2.75) is 51.5 Å². The van der Waals surface area contributed by atoms with Gasteiger partial charge in [0.1, 0.15) is 0 Å². The zero-order chi connectivity index (χ0) is 21.7. The lowest BCUT2D eigenvalue weighted by Crippen LogP contribution is -2.36. The van der Waals surface area contributed by atoms with Gasteiger partial charge in [-0.2, -0.15) is 5.10 Å². The molecule has 7 heteroatoms. The Morgan fingerprint density at radius 3 is 2.58 bits per heavy atom. The highest BCUT2D eigenvalue weighted by Gasteiger charge is 2.33. The van der Waals surface area contributed by atoms with E-state index >= 15 is 0 Å². The Kier molecular flexibility index (Phi) is 5.49. The molecule has 1 saturated carbocycles. The van der Waals surface area contributed by atoms with E-state index in [1.807, 2.05) is 19.1 Å². The highest BCUT2D eigenvalue weighted by atomic mass is 35.5. The van der Waals surface area contributed by atoms with Crippen LogP contribution in [-0.2, 0) is 6.42 Å². The number of hydrogen-bond donors (Lipinski definition) is 1. The molecule has 0 saturated heterocycles. The van der Waals surface area contributed by atoms with Crippen LogP contribution in [0.3, 0.4) is 0 Å². The summed E-state index contributed by atoms with van der Waals surface area (Å²) in [4.78, 5) is 13.3. The van der Waals surface area contributed by atoms with Gasteiger partial charge < -0.3 is 5.32 Å². The topological polar surface area (TPSA) is 46.9 Å². The third kappa shape index (κ3) is 3.75. The molecule has 160 valence electrons. The van der Waals surface area contributed by atoms with Crippen LogP contribution < -0.4 is 5.32 Å². The second kappa shape index (κ2) is 8.16. The summed E-state index contributed by atoms with van der Waals surface area (Å²) in [7, 11) is 0. The molecule has 0 bridgehead atoms. The molecule has 5 rings (SSSR count). The van der Waals surface area contributed by atoms with Crippen molar-refractivity contribution in [3.8, 4) is 16.9 Å². The predicted octanol–water partition coefficient (Wildman–Crippen LogP) is 6.77. The number of aryl methyl sites for hydroxylation is 1. The number of carbonyl (C=O) groups is 1. The summed E-state index contributed by atoms with van der Waals surface area (Å²) < 4.78 is 1.77. The minimum Gasteiger partial charge on any atom is -0.348 e. The molecule has 0 radical (unpaired) electrons. The molecule has 2 aliphatic rings.